The summed E-state index contributed by atoms with van der Waals surface area (Å²) in [4.78, 5) is 13.0. The predicted molar refractivity (Wildman–Crippen MR) is 79.4 cm³/mol. The fraction of sp³-hybridized carbons (Fsp3) is 0.533. The second-order valence-electron chi connectivity index (χ2n) is 5.83. The molecule has 0 radical (unpaired) electrons. The number of carbonyl (C=O) groups excluding carboxylic acids is 1. The molecule has 0 aromatic heterocycles. The number of rotatable bonds is 4. The molecule has 2 nitrogen and oxygen atoms in total. The Labute approximate surface area is 116 Å². The van der Waals surface area contributed by atoms with E-state index in [0.717, 1.165) is 10.5 Å². The van der Waals surface area contributed by atoms with Gasteiger partial charge in [-0.05, 0) is 36.0 Å². The molecule has 0 aliphatic carbocycles. The van der Waals surface area contributed by atoms with E-state index in [1.54, 1.807) is 0 Å². The zero-order valence-corrected chi connectivity index (χ0v) is 12.8. The summed E-state index contributed by atoms with van der Waals surface area (Å²) in [5.74, 6) is 0.507. The molecule has 1 aromatic carbocycles. The molecule has 0 atom stereocenters. The van der Waals surface area contributed by atoms with Gasteiger partial charge in [-0.1, -0.05) is 33.8 Å². The highest BCUT2D eigenvalue weighted by molar-refractivity contribution is 7.80. The van der Waals surface area contributed by atoms with Crippen molar-refractivity contribution in [3.8, 4) is 0 Å². The number of hydrogen-bond acceptors (Lipinski definition) is 2. The molecule has 1 aromatic rings. The van der Waals surface area contributed by atoms with Gasteiger partial charge in [0.05, 0.1) is 0 Å². The number of amides is 1. The average molecular weight is 265 g/mol. The lowest BCUT2D eigenvalue weighted by molar-refractivity contribution is 0.0924. The molecule has 0 saturated heterocycles. The molecule has 1 amide bonds. The van der Waals surface area contributed by atoms with Crippen LogP contribution in [0.1, 0.15) is 43.6 Å². The highest BCUT2D eigenvalue weighted by Gasteiger charge is 2.23. The Kier molecular flexibility index (Phi) is 4.85. The molecule has 0 fully saturated rings. The summed E-state index contributed by atoms with van der Waals surface area (Å²) < 4.78 is 0. The lowest BCUT2D eigenvalue weighted by Crippen LogP contribution is -2.37. The summed E-state index contributed by atoms with van der Waals surface area (Å²) in [7, 11) is 0. The lowest BCUT2D eigenvalue weighted by Gasteiger charge is -2.29. The van der Waals surface area contributed by atoms with Crippen molar-refractivity contribution in [2.24, 2.45) is 11.3 Å². The van der Waals surface area contributed by atoms with Gasteiger partial charge in [-0.2, -0.15) is 0 Å². The summed E-state index contributed by atoms with van der Waals surface area (Å²) in [5, 5.41) is 3.02. The van der Waals surface area contributed by atoms with Gasteiger partial charge in [0.2, 0.25) is 0 Å². The van der Waals surface area contributed by atoms with Crippen molar-refractivity contribution in [3.05, 3.63) is 29.3 Å². The minimum atomic E-state index is -0.0166. The fourth-order valence-corrected chi connectivity index (χ4v) is 1.67. The standard InChI is InChI=1S/C15H23NOS/c1-10(2)15(4,5)9-16-14(17)13-8-12(18)7-6-11(13)3/h6-8,10,18H,9H2,1-5H3,(H,16,17). The monoisotopic (exact) mass is 265 g/mol. The van der Waals surface area contributed by atoms with E-state index in [1.165, 1.54) is 0 Å². The van der Waals surface area contributed by atoms with Gasteiger partial charge in [-0.15, -0.1) is 12.6 Å². The van der Waals surface area contributed by atoms with Gasteiger partial charge in [0.25, 0.3) is 5.91 Å². The van der Waals surface area contributed by atoms with Gasteiger partial charge >= 0.3 is 0 Å². The van der Waals surface area contributed by atoms with Crippen molar-refractivity contribution in [1.29, 1.82) is 0 Å². The van der Waals surface area contributed by atoms with Crippen LogP contribution < -0.4 is 5.32 Å². The molecule has 0 saturated carbocycles. The van der Waals surface area contributed by atoms with Crippen molar-refractivity contribution >= 4 is 18.5 Å². The molecule has 0 aliphatic heterocycles. The molecule has 1 rings (SSSR count). The van der Waals surface area contributed by atoms with Gasteiger partial charge in [0.1, 0.15) is 0 Å². The quantitative estimate of drug-likeness (QED) is 0.799. The van der Waals surface area contributed by atoms with Crippen LogP contribution in [0.3, 0.4) is 0 Å². The minimum Gasteiger partial charge on any atom is -0.351 e. The molecule has 18 heavy (non-hydrogen) atoms. The predicted octanol–water partition coefficient (Wildman–Crippen LogP) is 3.70. The third-order valence-electron chi connectivity index (χ3n) is 3.73. The Balaban J connectivity index is 2.75. The zero-order chi connectivity index (χ0) is 13.9. The molecule has 100 valence electrons. The summed E-state index contributed by atoms with van der Waals surface area (Å²) in [6.07, 6.45) is 0. The van der Waals surface area contributed by atoms with Gasteiger partial charge in [0, 0.05) is 17.0 Å². The molecule has 0 unspecified atom stereocenters. The molecule has 0 bridgehead atoms. The second-order valence-corrected chi connectivity index (χ2v) is 6.34. The Morgan fingerprint density at radius 2 is 2.00 bits per heavy atom. The van der Waals surface area contributed by atoms with E-state index in [1.807, 2.05) is 25.1 Å². The maximum atomic E-state index is 12.1. The third kappa shape index (κ3) is 3.77. The largest absolute Gasteiger partial charge is 0.351 e. The first-order valence-electron chi connectivity index (χ1n) is 6.32. The molecule has 0 heterocycles. The number of benzene rings is 1. The first-order valence-corrected chi connectivity index (χ1v) is 6.76. The van der Waals surface area contributed by atoms with E-state index in [4.69, 9.17) is 0 Å². The number of carbonyl (C=O) groups is 1. The van der Waals surface area contributed by atoms with E-state index in [0.29, 0.717) is 18.0 Å². The fourth-order valence-electron chi connectivity index (χ4n) is 1.46. The summed E-state index contributed by atoms with van der Waals surface area (Å²) >= 11 is 4.27. The highest BCUT2D eigenvalue weighted by atomic mass is 32.1. The van der Waals surface area contributed by atoms with E-state index >= 15 is 0 Å². The molecule has 1 N–H and O–H groups in total. The normalized spacial score (nSPS) is 11.7. The zero-order valence-electron chi connectivity index (χ0n) is 11.9. The van der Waals surface area contributed by atoms with Gasteiger partial charge in [-0.3, -0.25) is 4.79 Å². The van der Waals surface area contributed by atoms with Crippen LogP contribution in [0.15, 0.2) is 23.1 Å². The number of thiol groups is 1. The third-order valence-corrected chi connectivity index (χ3v) is 4.01. The molecule has 0 spiro atoms. The van der Waals surface area contributed by atoms with Gasteiger partial charge in [0.15, 0.2) is 0 Å². The van der Waals surface area contributed by atoms with Crippen molar-refractivity contribution in [2.75, 3.05) is 6.54 Å². The maximum Gasteiger partial charge on any atom is 0.251 e. The number of aryl methyl sites for hydroxylation is 1. The van der Waals surface area contributed by atoms with E-state index < -0.39 is 0 Å². The van der Waals surface area contributed by atoms with E-state index in [-0.39, 0.29) is 11.3 Å². The van der Waals surface area contributed by atoms with Crippen LogP contribution in [0.5, 0.6) is 0 Å². The summed E-state index contributed by atoms with van der Waals surface area (Å²) in [5.41, 5.74) is 1.79. The van der Waals surface area contributed by atoms with Gasteiger partial charge < -0.3 is 5.32 Å². The van der Waals surface area contributed by atoms with E-state index in [9.17, 15) is 4.79 Å². The Morgan fingerprint density at radius 1 is 1.39 bits per heavy atom. The van der Waals surface area contributed by atoms with Crippen LogP contribution in [0, 0.1) is 18.3 Å². The first kappa shape index (κ1) is 15.1. The Hall–Kier alpha value is -0.960. The number of nitrogens with one attached hydrogen (secondary N) is 1. The van der Waals surface area contributed by atoms with Crippen LogP contribution in [0.2, 0.25) is 0 Å². The smallest absolute Gasteiger partial charge is 0.251 e. The summed E-state index contributed by atoms with van der Waals surface area (Å²) in [6, 6.07) is 5.63. The van der Waals surface area contributed by atoms with Crippen LogP contribution in [0.4, 0.5) is 0 Å². The van der Waals surface area contributed by atoms with Crippen LogP contribution in [-0.2, 0) is 0 Å². The Morgan fingerprint density at radius 3 is 2.56 bits per heavy atom. The van der Waals surface area contributed by atoms with E-state index in [2.05, 4.69) is 45.6 Å². The number of hydrogen-bond donors (Lipinski definition) is 2. The van der Waals surface area contributed by atoms with Crippen LogP contribution >= 0.6 is 12.6 Å². The molecule has 3 heteroatoms. The van der Waals surface area contributed by atoms with Crippen molar-refractivity contribution in [1.82, 2.24) is 5.32 Å². The molecule has 0 aliphatic rings. The highest BCUT2D eigenvalue weighted by Crippen LogP contribution is 2.25. The van der Waals surface area contributed by atoms with Crippen molar-refractivity contribution in [3.63, 3.8) is 0 Å². The SMILES string of the molecule is Cc1ccc(S)cc1C(=O)NCC(C)(C)C(C)C. The van der Waals surface area contributed by atoms with Crippen molar-refractivity contribution < 1.29 is 4.79 Å². The first-order chi connectivity index (χ1) is 8.24. The van der Waals surface area contributed by atoms with Crippen LogP contribution in [-0.4, -0.2) is 12.5 Å². The Bertz CT molecular complexity index is 438. The molecular formula is C15H23NOS. The van der Waals surface area contributed by atoms with Gasteiger partial charge in [-0.25, -0.2) is 0 Å². The van der Waals surface area contributed by atoms with Crippen molar-refractivity contribution in [2.45, 2.75) is 39.5 Å². The minimum absolute atomic E-state index is 0.0166. The molecular weight excluding hydrogens is 242 g/mol. The average Bonchev–Trinajstić information content (AvgIpc) is 2.29. The van der Waals surface area contributed by atoms with Crippen LogP contribution in [0.25, 0.3) is 0 Å². The summed E-state index contributed by atoms with van der Waals surface area (Å²) in [6.45, 7) is 11.3. The topological polar surface area (TPSA) is 29.1 Å². The lowest BCUT2D eigenvalue weighted by atomic mass is 9.81. The second kappa shape index (κ2) is 5.79. The maximum absolute atomic E-state index is 12.1.